The Kier molecular flexibility index (Phi) is 3.71. The summed E-state index contributed by atoms with van der Waals surface area (Å²) in [5, 5.41) is 0. The molecule has 0 saturated heterocycles. The first-order valence-electron chi connectivity index (χ1n) is 4.27. The van der Waals surface area contributed by atoms with Gasteiger partial charge in [0.15, 0.2) is 5.75 Å². The van der Waals surface area contributed by atoms with Crippen LogP contribution < -0.4 is 16.2 Å². The maximum Gasteiger partial charge on any atom is 0.573 e. The van der Waals surface area contributed by atoms with Gasteiger partial charge in [-0.15, -0.1) is 13.2 Å². The molecule has 0 amide bonds. The van der Waals surface area contributed by atoms with Crippen molar-refractivity contribution in [3.05, 3.63) is 17.5 Å². The summed E-state index contributed by atoms with van der Waals surface area (Å²) in [4.78, 5) is 3.24. The maximum atomic E-state index is 12.5. The van der Waals surface area contributed by atoms with Crippen LogP contribution in [0.3, 0.4) is 0 Å². The van der Waals surface area contributed by atoms with E-state index in [0.717, 1.165) is 0 Å². The molecule has 0 aromatic carbocycles. The highest BCUT2D eigenvalue weighted by Crippen LogP contribution is 2.35. The zero-order chi connectivity index (χ0) is 13.2. The van der Waals surface area contributed by atoms with Crippen LogP contribution in [0.2, 0.25) is 0 Å². The molecular weight excluding hydrogens is 249 g/mol. The van der Waals surface area contributed by atoms with Crippen LogP contribution in [0.25, 0.3) is 0 Å². The molecule has 0 aliphatic rings. The van der Waals surface area contributed by atoms with E-state index in [0.29, 0.717) is 6.20 Å². The van der Waals surface area contributed by atoms with E-state index in [-0.39, 0.29) is 0 Å². The lowest BCUT2D eigenvalue weighted by Crippen LogP contribution is -2.21. The zero-order valence-corrected chi connectivity index (χ0v) is 8.26. The van der Waals surface area contributed by atoms with Gasteiger partial charge in [0.25, 0.3) is 6.43 Å². The SMILES string of the molecule is NCc1c(C(F)F)ncc(N)c1OC(F)(F)F. The molecule has 1 rings (SSSR count). The molecule has 1 aromatic heterocycles. The smallest absolute Gasteiger partial charge is 0.403 e. The van der Waals surface area contributed by atoms with Crippen LogP contribution in [-0.2, 0) is 6.54 Å². The molecule has 0 aliphatic carbocycles. The highest BCUT2D eigenvalue weighted by molar-refractivity contribution is 5.57. The van der Waals surface area contributed by atoms with Gasteiger partial charge in [0.05, 0.1) is 11.9 Å². The van der Waals surface area contributed by atoms with Gasteiger partial charge in [0, 0.05) is 12.1 Å². The fourth-order valence-electron chi connectivity index (χ4n) is 1.19. The number of nitrogen functional groups attached to an aromatic ring is 1. The second kappa shape index (κ2) is 4.70. The molecule has 0 radical (unpaired) electrons. The summed E-state index contributed by atoms with van der Waals surface area (Å²) in [6.07, 6.45) is -7.44. The monoisotopic (exact) mass is 257 g/mol. The quantitative estimate of drug-likeness (QED) is 0.812. The minimum atomic E-state index is -5.04. The fraction of sp³-hybridized carbons (Fsp3) is 0.375. The first-order chi connectivity index (χ1) is 7.76. The molecule has 96 valence electrons. The second-order valence-electron chi connectivity index (χ2n) is 2.96. The van der Waals surface area contributed by atoms with Gasteiger partial charge in [-0.3, -0.25) is 4.98 Å². The number of hydrogen-bond acceptors (Lipinski definition) is 4. The van der Waals surface area contributed by atoms with E-state index in [1.54, 1.807) is 0 Å². The van der Waals surface area contributed by atoms with Crippen molar-refractivity contribution in [1.82, 2.24) is 4.98 Å². The number of anilines is 1. The Labute approximate surface area is 92.4 Å². The van der Waals surface area contributed by atoms with Crippen LogP contribution in [-0.4, -0.2) is 11.3 Å². The summed E-state index contributed by atoms with van der Waals surface area (Å²) < 4.78 is 64.6. The summed E-state index contributed by atoms with van der Waals surface area (Å²) in [5.41, 5.74) is 8.35. The fourth-order valence-corrected chi connectivity index (χ4v) is 1.19. The summed E-state index contributed by atoms with van der Waals surface area (Å²) in [6, 6.07) is 0. The van der Waals surface area contributed by atoms with Crippen LogP contribution in [0.4, 0.5) is 27.6 Å². The van der Waals surface area contributed by atoms with Crippen LogP contribution in [0.1, 0.15) is 17.7 Å². The van der Waals surface area contributed by atoms with Crippen molar-refractivity contribution in [2.24, 2.45) is 5.73 Å². The van der Waals surface area contributed by atoms with Gasteiger partial charge in [-0.25, -0.2) is 8.78 Å². The number of aromatic nitrogens is 1. The third-order valence-electron chi connectivity index (χ3n) is 1.82. The molecule has 0 aliphatic heterocycles. The Morgan fingerprint density at radius 1 is 1.35 bits per heavy atom. The molecular formula is C8H8F5N3O. The van der Waals surface area contributed by atoms with Crippen LogP contribution in [0.5, 0.6) is 5.75 Å². The number of rotatable bonds is 3. The second-order valence-corrected chi connectivity index (χ2v) is 2.96. The van der Waals surface area contributed by atoms with Gasteiger partial charge in [0.1, 0.15) is 5.69 Å². The summed E-state index contributed by atoms with van der Waals surface area (Å²) in [6.45, 7) is -0.594. The van der Waals surface area contributed by atoms with Crippen molar-refractivity contribution in [2.75, 3.05) is 5.73 Å². The average Bonchev–Trinajstić information content (AvgIpc) is 2.18. The Bertz CT molecular complexity index is 407. The Hall–Kier alpha value is -1.64. The number of nitrogens with two attached hydrogens (primary N) is 2. The minimum absolute atomic E-state index is 0.507. The highest BCUT2D eigenvalue weighted by Gasteiger charge is 2.34. The number of pyridine rings is 1. The van der Waals surface area contributed by atoms with Gasteiger partial charge >= 0.3 is 6.36 Å². The molecule has 0 saturated carbocycles. The predicted octanol–water partition coefficient (Wildman–Crippen LogP) is 1.96. The van der Waals surface area contributed by atoms with Crippen molar-refractivity contribution >= 4 is 5.69 Å². The lowest BCUT2D eigenvalue weighted by atomic mass is 10.1. The first kappa shape index (κ1) is 13.4. The zero-order valence-electron chi connectivity index (χ0n) is 8.26. The average molecular weight is 257 g/mol. The molecule has 0 atom stereocenters. The summed E-state index contributed by atoms with van der Waals surface area (Å²) >= 11 is 0. The minimum Gasteiger partial charge on any atom is -0.403 e. The normalized spacial score (nSPS) is 11.9. The molecule has 0 bridgehead atoms. The number of alkyl halides is 5. The lowest BCUT2D eigenvalue weighted by molar-refractivity contribution is -0.274. The van der Waals surface area contributed by atoms with E-state index < -0.39 is 42.0 Å². The Morgan fingerprint density at radius 3 is 2.35 bits per heavy atom. The Morgan fingerprint density at radius 2 is 1.94 bits per heavy atom. The van der Waals surface area contributed by atoms with Crippen LogP contribution in [0.15, 0.2) is 6.20 Å². The molecule has 9 heteroatoms. The van der Waals surface area contributed by atoms with Gasteiger partial charge in [-0.2, -0.15) is 0 Å². The first-order valence-corrected chi connectivity index (χ1v) is 4.27. The van der Waals surface area contributed by atoms with Crippen LogP contribution in [0, 0.1) is 0 Å². The molecule has 17 heavy (non-hydrogen) atoms. The van der Waals surface area contributed by atoms with Crippen molar-refractivity contribution in [3.8, 4) is 5.75 Å². The van der Waals surface area contributed by atoms with Gasteiger partial charge < -0.3 is 16.2 Å². The molecule has 1 aromatic rings. The maximum absolute atomic E-state index is 12.5. The predicted molar refractivity (Wildman–Crippen MR) is 48.2 cm³/mol. The lowest BCUT2D eigenvalue weighted by Gasteiger charge is -2.16. The van der Waals surface area contributed by atoms with E-state index in [4.69, 9.17) is 11.5 Å². The topological polar surface area (TPSA) is 74.2 Å². The molecule has 0 fully saturated rings. The molecule has 1 heterocycles. The van der Waals surface area contributed by atoms with Crippen molar-refractivity contribution in [3.63, 3.8) is 0 Å². The van der Waals surface area contributed by atoms with Crippen molar-refractivity contribution in [1.29, 1.82) is 0 Å². The van der Waals surface area contributed by atoms with Crippen LogP contribution >= 0.6 is 0 Å². The van der Waals surface area contributed by atoms with E-state index in [9.17, 15) is 22.0 Å². The molecule has 0 unspecified atom stereocenters. The number of ether oxygens (including phenoxy) is 1. The molecule has 0 spiro atoms. The van der Waals surface area contributed by atoms with E-state index in [2.05, 4.69) is 9.72 Å². The van der Waals surface area contributed by atoms with Gasteiger partial charge in [-0.05, 0) is 0 Å². The van der Waals surface area contributed by atoms with E-state index in [1.807, 2.05) is 0 Å². The largest absolute Gasteiger partial charge is 0.573 e. The highest BCUT2D eigenvalue weighted by atomic mass is 19.4. The molecule has 4 N–H and O–H groups in total. The Balaban J connectivity index is 3.30. The molecule has 4 nitrogen and oxygen atoms in total. The van der Waals surface area contributed by atoms with Gasteiger partial charge in [-0.1, -0.05) is 0 Å². The van der Waals surface area contributed by atoms with Crippen molar-refractivity contribution in [2.45, 2.75) is 19.3 Å². The van der Waals surface area contributed by atoms with E-state index >= 15 is 0 Å². The van der Waals surface area contributed by atoms with E-state index in [1.165, 1.54) is 0 Å². The number of halogens is 5. The summed E-state index contributed by atoms with van der Waals surface area (Å²) in [5.74, 6) is -0.926. The van der Waals surface area contributed by atoms with Crippen molar-refractivity contribution < 1.29 is 26.7 Å². The standard InChI is InChI=1S/C8H8F5N3O/c9-7(10)5-3(1-14)6(4(15)2-16-5)17-8(11,12)13/h2,7H,1,14-15H2. The third-order valence-corrected chi connectivity index (χ3v) is 1.82. The third kappa shape index (κ3) is 3.16. The summed E-state index contributed by atoms with van der Waals surface area (Å²) in [7, 11) is 0. The van der Waals surface area contributed by atoms with Gasteiger partial charge in [0.2, 0.25) is 0 Å². The number of nitrogens with zero attached hydrogens (tertiary/aromatic N) is 1. The number of hydrogen-bond donors (Lipinski definition) is 2.